The van der Waals surface area contributed by atoms with Gasteiger partial charge in [-0.25, -0.2) is 13.1 Å². The highest BCUT2D eigenvalue weighted by Crippen LogP contribution is 2.25. The number of aryl methyl sites for hydroxylation is 1. The molecule has 2 aromatic rings. The van der Waals surface area contributed by atoms with E-state index in [2.05, 4.69) is 4.72 Å². The molecule has 1 heterocycles. The van der Waals surface area contributed by atoms with E-state index in [1.807, 2.05) is 37.3 Å². The lowest BCUT2D eigenvalue weighted by atomic mass is 10.1. The van der Waals surface area contributed by atoms with Gasteiger partial charge in [0.05, 0.1) is 20.3 Å². The molecule has 1 aliphatic rings. The van der Waals surface area contributed by atoms with E-state index < -0.39 is 10.0 Å². The lowest BCUT2D eigenvalue weighted by Gasteiger charge is -2.33. The Morgan fingerprint density at radius 2 is 2.00 bits per heavy atom. The molecule has 0 spiro atoms. The van der Waals surface area contributed by atoms with Gasteiger partial charge in [0.2, 0.25) is 15.9 Å². The lowest BCUT2D eigenvalue weighted by Crippen LogP contribution is -2.42. The van der Waals surface area contributed by atoms with Crippen molar-refractivity contribution in [1.29, 1.82) is 0 Å². The molecule has 1 N–H and O–H groups in total. The van der Waals surface area contributed by atoms with E-state index in [0.717, 1.165) is 11.1 Å². The minimum absolute atomic E-state index is 0.00608. The number of rotatable bonds is 8. The summed E-state index contributed by atoms with van der Waals surface area (Å²) in [6.07, 6.45) is 0.560. The van der Waals surface area contributed by atoms with E-state index in [9.17, 15) is 13.2 Å². The van der Waals surface area contributed by atoms with E-state index in [4.69, 9.17) is 9.47 Å². The number of hydrogen-bond acceptors (Lipinski definition) is 5. The zero-order valence-corrected chi connectivity index (χ0v) is 18.2. The van der Waals surface area contributed by atoms with Crippen molar-refractivity contribution in [3.8, 4) is 5.75 Å². The van der Waals surface area contributed by atoms with Crippen molar-refractivity contribution in [2.24, 2.45) is 0 Å². The van der Waals surface area contributed by atoms with Crippen molar-refractivity contribution < 1.29 is 22.7 Å². The Kier molecular flexibility index (Phi) is 7.47. The molecule has 1 fully saturated rings. The summed E-state index contributed by atoms with van der Waals surface area (Å²) in [7, 11) is -2.28. The van der Waals surface area contributed by atoms with Gasteiger partial charge in [-0.2, -0.15) is 0 Å². The third kappa shape index (κ3) is 5.59. The Hall–Kier alpha value is -2.42. The Bertz CT molecular complexity index is 963. The fraction of sp³-hybridized carbons (Fsp3) is 0.409. The van der Waals surface area contributed by atoms with Crippen LogP contribution in [0.15, 0.2) is 53.4 Å². The molecule has 2 aromatic carbocycles. The maximum atomic E-state index is 12.6. The van der Waals surface area contributed by atoms with Crippen LogP contribution in [0.3, 0.4) is 0 Å². The number of methoxy groups -OCH3 is 1. The van der Waals surface area contributed by atoms with E-state index in [-0.39, 0.29) is 29.9 Å². The molecule has 30 heavy (non-hydrogen) atoms. The van der Waals surface area contributed by atoms with Gasteiger partial charge in [-0.05, 0) is 36.6 Å². The normalized spacial score (nSPS) is 17.0. The molecule has 1 saturated heterocycles. The predicted octanol–water partition coefficient (Wildman–Crippen LogP) is 2.66. The highest BCUT2D eigenvalue weighted by molar-refractivity contribution is 7.89. The number of carbonyl (C=O) groups excluding carboxylic acids is 1. The highest BCUT2D eigenvalue weighted by Gasteiger charge is 2.25. The van der Waals surface area contributed by atoms with Crippen LogP contribution in [0.5, 0.6) is 5.75 Å². The molecule has 1 atom stereocenters. The number of nitrogens with one attached hydrogen (secondary N) is 1. The molecule has 8 heteroatoms. The molecule has 0 bridgehead atoms. The number of sulfonamides is 1. The third-order valence-electron chi connectivity index (χ3n) is 5.06. The first-order valence-corrected chi connectivity index (χ1v) is 11.5. The van der Waals surface area contributed by atoms with Crippen molar-refractivity contribution in [1.82, 2.24) is 9.62 Å². The number of ether oxygens (including phenoxy) is 2. The average molecular weight is 433 g/mol. The van der Waals surface area contributed by atoms with Crippen LogP contribution in [-0.2, 0) is 19.6 Å². The number of benzene rings is 2. The van der Waals surface area contributed by atoms with Gasteiger partial charge < -0.3 is 14.4 Å². The quantitative estimate of drug-likeness (QED) is 0.649. The number of amides is 1. The Balaban J connectivity index is 1.50. The summed E-state index contributed by atoms with van der Waals surface area (Å²) in [5.74, 6) is 0.302. The number of carbonyl (C=O) groups is 1. The first kappa shape index (κ1) is 22.3. The lowest BCUT2D eigenvalue weighted by molar-refractivity contribution is -0.139. The third-order valence-corrected chi connectivity index (χ3v) is 6.54. The largest absolute Gasteiger partial charge is 0.495 e. The molecular weight excluding hydrogens is 404 g/mol. The molecule has 1 unspecified atom stereocenters. The number of hydrogen-bond donors (Lipinski definition) is 1. The summed E-state index contributed by atoms with van der Waals surface area (Å²) >= 11 is 0. The standard InChI is InChI=1S/C22H28N2O5S/c1-17-10-11-19(28-2)21(15-17)30(26,27)23-12-6-9-22(25)24-13-14-29-20(16-24)18-7-4-3-5-8-18/h3-5,7-8,10-11,15,20,23H,6,9,12-14,16H2,1-2H3. The van der Waals surface area contributed by atoms with E-state index in [1.165, 1.54) is 7.11 Å². The minimum atomic E-state index is -3.71. The van der Waals surface area contributed by atoms with Gasteiger partial charge in [0, 0.05) is 19.5 Å². The van der Waals surface area contributed by atoms with E-state index >= 15 is 0 Å². The van der Waals surface area contributed by atoms with Crippen molar-refractivity contribution in [2.45, 2.75) is 30.8 Å². The van der Waals surface area contributed by atoms with E-state index in [0.29, 0.717) is 31.9 Å². The van der Waals surface area contributed by atoms with Crippen molar-refractivity contribution >= 4 is 15.9 Å². The van der Waals surface area contributed by atoms with Gasteiger partial charge in [0.25, 0.3) is 0 Å². The predicted molar refractivity (Wildman–Crippen MR) is 114 cm³/mol. The number of nitrogens with zero attached hydrogens (tertiary/aromatic N) is 1. The summed E-state index contributed by atoms with van der Waals surface area (Å²) in [5.41, 5.74) is 1.88. The molecule has 3 rings (SSSR count). The Morgan fingerprint density at radius 1 is 1.23 bits per heavy atom. The van der Waals surface area contributed by atoms with Gasteiger partial charge in [0.1, 0.15) is 16.7 Å². The summed E-state index contributed by atoms with van der Waals surface area (Å²) in [4.78, 5) is 14.5. The second kappa shape index (κ2) is 10.1. The van der Waals surface area contributed by atoms with E-state index in [1.54, 1.807) is 23.1 Å². The van der Waals surface area contributed by atoms with Crippen LogP contribution in [0.1, 0.15) is 30.1 Å². The smallest absolute Gasteiger partial charge is 0.244 e. The first-order chi connectivity index (χ1) is 14.4. The van der Waals surface area contributed by atoms with Gasteiger partial charge >= 0.3 is 0 Å². The highest BCUT2D eigenvalue weighted by atomic mass is 32.2. The van der Waals surface area contributed by atoms with Gasteiger partial charge in [-0.15, -0.1) is 0 Å². The topological polar surface area (TPSA) is 84.9 Å². The molecule has 1 aliphatic heterocycles. The molecule has 7 nitrogen and oxygen atoms in total. The summed E-state index contributed by atoms with van der Waals surface area (Å²) < 4.78 is 38.7. The summed E-state index contributed by atoms with van der Waals surface area (Å²) in [6, 6.07) is 14.8. The molecular formula is C22H28N2O5S. The fourth-order valence-corrected chi connectivity index (χ4v) is 4.75. The van der Waals surface area contributed by atoms with Gasteiger partial charge in [-0.3, -0.25) is 4.79 Å². The minimum Gasteiger partial charge on any atom is -0.495 e. The fourth-order valence-electron chi connectivity index (χ4n) is 3.42. The Labute approximate surface area is 178 Å². The van der Waals surface area contributed by atoms with Crippen molar-refractivity contribution in [2.75, 3.05) is 33.4 Å². The molecule has 0 saturated carbocycles. The first-order valence-electron chi connectivity index (χ1n) is 9.99. The van der Waals surface area contributed by atoms with Crippen LogP contribution in [0.4, 0.5) is 0 Å². The molecule has 0 aliphatic carbocycles. The zero-order valence-electron chi connectivity index (χ0n) is 17.3. The molecule has 0 aromatic heterocycles. The second-order valence-electron chi connectivity index (χ2n) is 7.27. The van der Waals surface area contributed by atoms with Crippen LogP contribution in [0, 0.1) is 6.92 Å². The van der Waals surface area contributed by atoms with Gasteiger partial charge in [0.15, 0.2) is 0 Å². The van der Waals surface area contributed by atoms with Crippen molar-refractivity contribution in [3.05, 3.63) is 59.7 Å². The van der Waals surface area contributed by atoms with Crippen LogP contribution in [-0.4, -0.2) is 52.6 Å². The average Bonchev–Trinajstić information content (AvgIpc) is 2.77. The monoisotopic (exact) mass is 432 g/mol. The molecule has 1 amide bonds. The van der Waals surface area contributed by atoms with Gasteiger partial charge in [-0.1, -0.05) is 36.4 Å². The van der Waals surface area contributed by atoms with Crippen LogP contribution >= 0.6 is 0 Å². The second-order valence-corrected chi connectivity index (χ2v) is 9.00. The SMILES string of the molecule is COc1ccc(C)cc1S(=O)(=O)NCCCC(=O)N1CCOC(c2ccccc2)C1. The van der Waals surface area contributed by atoms with Crippen LogP contribution in [0.2, 0.25) is 0 Å². The van der Waals surface area contributed by atoms with Crippen LogP contribution < -0.4 is 9.46 Å². The molecule has 162 valence electrons. The Morgan fingerprint density at radius 3 is 2.73 bits per heavy atom. The van der Waals surface area contributed by atoms with Crippen molar-refractivity contribution in [3.63, 3.8) is 0 Å². The molecule has 0 radical (unpaired) electrons. The zero-order chi connectivity index (χ0) is 21.6. The summed E-state index contributed by atoms with van der Waals surface area (Å²) in [6.45, 7) is 3.55. The van der Waals surface area contributed by atoms with Crippen LogP contribution in [0.25, 0.3) is 0 Å². The number of morpholine rings is 1. The summed E-state index contributed by atoms with van der Waals surface area (Å²) in [5, 5.41) is 0. The maximum absolute atomic E-state index is 12.6. The maximum Gasteiger partial charge on any atom is 0.244 e.